The van der Waals surface area contributed by atoms with Crippen LogP contribution in [-0.4, -0.2) is 16.5 Å². The fourth-order valence-electron chi connectivity index (χ4n) is 1.69. The molecule has 1 unspecified atom stereocenters. The van der Waals surface area contributed by atoms with E-state index in [1.165, 1.54) is 5.56 Å². The molecule has 0 spiro atoms. The third-order valence-electron chi connectivity index (χ3n) is 2.60. The molecule has 2 aromatic heterocycles. The number of pyridine rings is 1. The van der Waals surface area contributed by atoms with Crippen molar-refractivity contribution in [3.8, 4) is 0 Å². The van der Waals surface area contributed by atoms with Gasteiger partial charge in [-0.25, -0.2) is 4.98 Å². The van der Waals surface area contributed by atoms with Gasteiger partial charge in [0.25, 0.3) is 0 Å². The molecule has 90 valence electrons. The summed E-state index contributed by atoms with van der Waals surface area (Å²) in [5.41, 5.74) is 2.35. The Bertz CT molecular complexity index is 453. The Morgan fingerprint density at radius 3 is 3.06 bits per heavy atom. The van der Waals surface area contributed by atoms with Crippen LogP contribution >= 0.6 is 11.3 Å². The molecule has 2 heterocycles. The molecule has 0 aliphatic heterocycles. The molecule has 2 aromatic rings. The molecule has 0 fully saturated rings. The maximum atomic E-state index is 4.65. The summed E-state index contributed by atoms with van der Waals surface area (Å²) >= 11 is 1.72. The quantitative estimate of drug-likeness (QED) is 0.883. The fourth-order valence-corrected chi connectivity index (χ4v) is 2.61. The van der Waals surface area contributed by atoms with Gasteiger partial charge in [0.2, 0.25) is 0 Å². The highest BCUT2D eigenvalue weighted by Gasteiger charge is 2.09. The maximum absolute atomic E-state index is 4.65. The van der Waals surface area contributed by atoms with Crippen molar-refractivity contribution in [2.75, 3.05) is 6.54 Å². The zero-order valence-corrected chi connectivity index (χ0v) is 11.0. The fraction of sp³-hybridized carbons (Fsp3) is 0.385. The van der Waals surface area contributed by atoms with E-state index < -0.39 is 0 Å². The highest BCUT2D eigenvalue weighted by atomic mass is 32.1. The molecule has 17 heavy (non-hydrogen) atoms. The summed E-state index contributed by atoms with van der Waals surface area (Å²) in [6, 6.07) is 4.38. The van der Waals surface area contributed by atoms with Gasteiger partial charge < -0.3 is 5.32 Å². The predicted molar refractivity (Wildman–Crippen MR) is 71.2 cm³/mol. The average Bonchev–Trinajstić information content (AvgIpc) is 2.79. The zero-order valence-electron chi connectivity index (χ0n) is 10.2. The molecule has 0 amide bonds. The van der Waals surface area contributed by atoms with Crippen LogP contribution in [0.2, 0.25) is 0 Å². The van der Waals surface area contributed by atoms with Crippen LogP contribution in [0.3, 0.4) is 0 Å². The Morgan fingerprint density at radius 2 is 2.35 bits per heavy atom. The molecule has 1 N–H and O–H groups in total. The van der Waals surface area contributed by atoms with Crippen LogP contribution in [-0.2, 0) is 6.42 Å². The Labute approximate surface area is 106 Å². The molecule has 0 bridgehead atoms. The molecule has 4 heteroatoms. The van der Waals surface area contributed by atoms with Gasteiger partial charge in [-0.2, -0.15) is 0 Å². The van der Waals surface area contributed by atoms with Gasteiger partial charge in [0, 0.05) is 30.2 Å². The lowest BCUT2D eigenvalue weighted by molar-refractivity contribution is 0.585. The molecule has 0 saturated heterocycles. The van der Waals surface area contributed by atoms with Crippen molar-refractivity contribution in [2.45, 2.75) is 26.3 Å². The first kappa shape index (κ1) is 12.2. The van der Waals surface area contributed by atoms with Crippen molar-refractivity contribution in [3.63, 3.8) is 0 Å². The lowest BCUT2D eigenvalue weighted by atomic mass is 10.2. The molecule has 0 saturated carbocycles. The predicted octanol–water partition coefficient (Wildman–Crippen LogP) is 2.80. The van der Waals surface area contributed by atoms with Crippen LogP contribution in [0.1, 0.15) is 36.2 Å². The molecule has 0 aliphatic carbocycles. The molecular weight excluding hydrogens is 230 g/mol. The lowest BCUT2D eigenvalue weighted by Gasteiger charge is -2.08. The summed E-state index contributed by atoms with van der Waals surface area (Å²) in [6.07, 6.45) is 4.57. The van der Waals surface area contributed by atoms with E-state index in [-0.39, 0.29) is 0 Å². The van der Waals surface area contributed by atoms with E-state index >= 15 is 0 Å². The minimum Gasteiger partial charge on any atom is -0.309 e. The van der Waals surface area contributed by atoms with Gasteiger partial charge in [0.05, 0.1) is 10.7 Å². The average molecular weight is 247 g/mol. The van der Waals surface area contributed by atoms with E-state index in [9.17, 15) is 0 Å². The summed E-state index contributed by atoms with van der Waals surface area (Å²) in [4.78, 5) is 8.77. The standard InChI is InChI=1S/C13H17N3S/c1-3-15-10(2)12-9-17-13(16-12)7-11-5-4-6-14-8-11/h4-6,8-10,15H,3,7H2,1-2H3. The van der Waals surface area contributed by atoms with Crippen molar-refractivity contribution in [1.29, 1.82) is 0 Å². The number of nitrogens with one attached hydrogen (secondary N) is 1. The molecule has 1 atom stereocenters. The van der Waals surface area contributed by atoms with E-state index in [1.807, 2.05) is 12.3 Å². The Balaban J connectivity index is 2.04. The minimum absolute atomic E-state index is 0.332. The summed E-state index contributed by atoms with van der Waals surface area (Å²) in [5.74, 6) is 0. The number of nitrogens with zero attached hydrogens (tertiary/aromatic N) is 2. The molecule has 0 aliphatic rings. The van der Waals surface area contributed by atoms with Crippen LogP contribution in [0.15, 0.2) is 29.9 Å². The van der Waals surface area contributed by atoms with Gasteiger partial charge in [-0.05, 0) is 25.1 Å². The van der Waals surface area contributed by atoms with Crippen molar-refractivity contribution < 1.29 is 0 Å². The highest BCUT2D eigenvalue weighted by molar-refractivity contribution is 7.09. The van der Waals surface area contributed by atoms with Gasteiger partial charge >= 0.3 is 0 Å². The van der Waals surface area contributed by atoms with Crippen molar-refractivity contribution in [1.82, 2.24) is 15.3 Å². The summed E-state index contributed by atoms with van der Waals surface area (Å²) < 4.78 is 0. The van der Waals surface area contributed by atoms with E-state index in [4.69, 9.17) is 0 Å². The second-order valence-electron chi connectivity index (χ2n) is 3.98. The molecule has 3 nitrogen and oxygen atoms in total. The topological polar surface area (TPSA) is 37.8 Å². The smallest absolute Gasteiger partial charge is 0.0973 e. The summed E-state index contributed by atoms with van der Waals surface area (Å²) in [6.45, 7) is 5.22. The van der Waals surface area contributed by atoms with Gasteiger partial charge in [-0.3, -0.25) is 4.98 Å². The second kappa shape index (κ2) is 5.89. The van der Waals surface area contributed by atoms with Crippen molar-refractivity contribution in [3.05, 3.63) is 46.2 Å². The van der Waals surface area contributed by atoms with Gasteiger partial charge in [-0.1, -0.05) is 13.0 Å². The second-order valence-corrected chi connectivity index (χ2v) is 4.93. The van der Waals surface area contributed by atoms with Crippen LogP contribution in [0.25, 0.3) is 0 Å². The zero-order chi connectivity index (χ0) is 12.1. The SMILES string of the molecule is CCNC(C)c1csc(Cc2cccnc2)n1. The van der Waals surface area contributed by atoms with E-state index in [0.717, 1.165) is 23.7 Å². The van der Waals surface area contributed by atoms with E-state index in [1.54, 1.807) is 17.5 Å². The first-order chi connectivity index (χ1) is 8.29. The van der Waals surface area contributed by atoms with Crippen LogP contribution in [0.4, 0.5) is 0 Å². The van der Waals surface area contributed by atoms with Crippen molar-refractivity contribution in [2.24, 2.45) is 0 Å². The van der Waals surface area contributed by atoms with Crippen LogP contribution in [0.5, 0.6) is 0 Å². The minimum atomic E-state index is 0.332. The van der Waals surface area contributed by atoms with Gasteiger partial charge in [0.1, 0.15) is 0 Å². The third kappa shape index (κ3) is 3.35. The van der Waals surface area contributed by atoms with E-state index in [2.05, 4.69) is 40.6 Å². The molecule has 2 rings (SSSR count). The molecule has 0 aromatic carbocycles. The Hall–Kier alpha value is -1.26. The number of hydrogen-bond acceptors (Lipinski definition) is 4. The largest absolute Gasteiger partial charge is 0.309 e. The van der Waals surface area contributed by atoms with E-state index in [0.29, 0.717) is 6.04 Å². The number of aromatic nitrogens is 2. The van der Waals surface area contributed by atoms with Crippen molar-refractivity contribution >= 4 is 11.3 Å². The first-order valence-corrected chi connectivity index (χ1v) is 6.74. The highest BCUT2D eigenvalue weighted by Crippen LogP contribution is 2.18. The molecular formula is C13H17N3S. The third-order valence-corrected chi connectivity index (χ3v) is 3.47. The Kier molecular flexibility index (Phi) is 4.23. The van der Waals surface area contributed by atoms with Gasteiger partial charge in [-0.15, -0.1) is 11.3 Å². The number of thiazole rings is 1. The summed E-state index contributed by atoms with van der Waals surface area (Å²) in [7, 11) is 0. The van der Waals surface area contributed by atoms with Crippen LogP contribution in [0, 0.1) is 0 Å². The first-order valence-electron chi connectivity index (χ1n) is 5.86. The maximum Gasteiger partial charge on any atom is 0.0973 e. The monoisotopic (exact) mass is 247 g/mol. The Morgan fingerprint density at radius 1 is 1.47 bits per heavy atom. The van der Waals surface area contributed by atoms with Crippen LogP contribution < -0.4 is 5.32 Å². The lowest BCUT2D eigenvalue weighted by Crippen LogP contribution is -2.17. The summed E-state index contributed by atoms with van der Waals surface area (Å²) in [5, 5.41) is 6.66. The number of hydrogen-bond donors (Lipinski definition) is 1. The normalized spacial score (nSPS) is 12.6. The molecule has 0 radical (unpaired) electrons. The van der Waals surface area contributed by atoms with Gasteiger partial charge in [0.15, 0.2) is 0 Å². The number of rotatable bonds is 5.